The van der Waals surface area contributed by atoms with Crippen LogP contribution in [0.4, 0.5) is 0 Å². The van der Waals surface area contributed by atoms with Gasteiger partial charge in [-0.15, -0.1) is 0 Å². The van der Waals surface area contributed by atoms with Crippen LogP contribution in [-0.4, -0.2) is 30.2 Å². The molecule has 1 amide bonds. The number of nitrogens with zero attached hydrogens (tertiary/aromatic N) is 2. The van der Waals surface area contributed by atoms with Crippen molar-refractivity contribution in [2.45, 2.75) is 13.8 Å². The molecule has 1 aliphatic heterocycles. The fourth-order valence-electron chi connectivity index (χ4n) is 1.43. The highest BCUT2D eigenvalue weighted by Gasteiger charge is 2.25. The normalized spacial score (nSPS) is 23.3. The number of hydrogen-bond acceptors (Lipinski definition) is 2. The van der Waals surface area contributed by atoms with E-state index in [0.717, 1.165) is 15.9 Å². The van der Waals surface area contributed by atoms with E-state index in [1.807, 2.05) is 19.9 Å². The van der Waals surface area contributed by atoms with Crippen molar-refractivity contribution >= 4 is 27.7 Å². The lowest BCUT2D eigenvalue weighted by atomic mass is 10.1. The Morgan fingerprint density at radius 3 is 2.71 bits per heavy atom. The van der Waals surface area contributed by atoms with E-state index in [9.17, 15) is 4.79 Å². The molecule has 0 saturated carbocycles. The molecule has 76 valence electrons. The molecule has 0 spiro atoms. The van der Waals surface area contributed by atoms with E-state index in [1.165, 1.54) is 0 Å². The highest BCUT2D eigenvalue weighted by Crippen LogP contribution is 2.25. The maximum absolute atomic E-state index is 11.6. The molecule has 0 aromatic heterocycles. The lowest BCUT2D eigenvalue weighted by molar-refractivity contribution is -0.122. The first-order valence-corrected chi connectivity index (χ1v) is 5.27. The Labute approximate surface area is 92.3 Å². The van der Waals surface area contributed by atoms with E-state index in [1.54, 1.807) is 18.0 Å². The first kappa shape index (κ1) is 11.2. The molecule has 0 bridgehead atoms. The van der Waals surface area contributed by atoms with Crippen LogP contribution in [0.2, 0.25) is 0 Å². The molecule has 4 heteroatoms. The molecule has 0 aromatic carbocycles. The molecule has 0 N–H and O–H groups in total. The Bertz CT molecular complexity index is 342. The summed E-state index contributed by atoms with van der Waals surface area (Å²) in [5.41, 5.74) is 0.967. The quantitative estimate of drug-likeness (QED) is 0.708. The lowest BCUT2D eigenvalue weighted by Gasteiger charge is -2.27. The van der Waals surface area contributed by atoms with Crippen molar-refractivity contribution in [1.82, 2.24) is 4.90 Å². The molecule has 0 atom stereocenters. The molecule has 0 radical (unpaired) electrons. The van der Waals surface area contributed by atoms with Crippen molar-refractivity contribution in [1.29, 1.82) is 0 Å². The van der Waals surface area contributed by atoms with Crippen LogP contribution < -0.4 is 0 Å². The molecule has 0 aromatic rings. The van der Waals surface area contributed by atoms with E-state index in [4.69, 9.17) is 0 Å². The maximum Gasteiger partial charge on any atom is 0.253 e. The average Bonchev–Trinajstić information content (AvgIpc) is 2.16. The van der Waals surface area contributed by atoms with Crippen molar-refractivity contribution in [3.63, 3.8) is 0 Å². The molecule has 14 heavy (non-hydrogen) atoms. The molecule has 0 aliphatic carbocycles. The van der Waals surface area contributed by atoms with E-state index in [-0.39, 0.29) is 5.91 Å². The highest BCUT2D eigenvalue weighted by molar-refractivity contribution is 9.12. The summed E-state index contributed by atoms with van der Waals surface area (Å²) in [6.07, 6.45) is 3.52. The van der Waals surface area contributed by atoms with Crippen LogP contribution in [-0.2, 0) is 4.79 Å². The van der Waals surface area contributed by atoms with Crippen molar-refractivity contribution in [3.8, 4) is 0 Å². The van der Waals surface area contributed by atoms with Crippen LogP contribution in [0, 0.1) is 0 Å². The Morgan fingerprint density at radius 2 is 2.29 bits per heavy atom. The van der Waals surface area contributed by atoms with Gasteiger partial charge in [-0.1, -0.05) is 6.08 Å². The Balaban J connectivity index is 3.25. The van der Waals surface area contributed by atoms with Gasteiger partial charge in [0.1, 0.15) is 5.84 Å². The van der Waals surface area contributed by atoms with E-state index in [2.05, 4.69) is 20.9 Å². The summed E-state index contributed by atoms with van der Waals surface area (Å²) in [5.74, 6) is 0.708. The van der Waals surface area contributed by atoms with Crippen LogP contribution in [0.1, 0.15) is 13.8 Å². The summed E-state index contributed by atoms with van der Waals surface area (Å²) in [5, 5.41) is 0. The van der Waals surface area contributed by atoms with Gasteiger partial charge < -0.3 is 0 Å². The number of hydrogen-bond donors (Lipinski definition) is 0. The minimum atomic E-state index is -0.0226. The van der Waals surface area contributed by atoms with Crippen LogP contribution >= 0.6 is 15.9 Å². The predicted octanol–water partition coefficient (Wildman–Crippen LogP) is 2.10. The van der Waals surface area contributed by atoms with Crippen LogP contribution in [0.3, 0.4) is 0 Å². The Morgan fingerprint density at radius 1 is 1.64 bits per heavy atom. The third-order valence-electron chi connectivity index (χ3n) is 2.09. The fraction of sp³-hybridized carbons (Fsp3) is 0.400. The first-order valence-electron chi connectivity index (χ1n) is 4.48. The Kier molecular flexibility index (Phi) is 3.63. The number of amidine groups is 1. The number of carbonyl (C=O) groups is 1. The molecule has 0 saturated heterocycles. The molecule has 0 fully saturated rings. The summed E-state index contributed by atoms with van der Waals surface area (Å²) in [7, 11) is 1.69. The zero-order chi connectivity index (χ0) is 10.7. The van der Waals surface area contributed by atoms with Gasteiger partial charge in [0.2, 0.25) is 0 Å². The number of carbonyl (C=O) groups excluding carboxylic acids is 1. The summed E-state index contributed by atoms with van der Waals surface area (Å²) in [4.78, 5) is 17.4. The first-order chi connectivity index (χ1) is 6.65. The molecule has 3 nitrogen and oxygen atoms in total. The SMILES string of the molecule is C/C=C1/C(Br)=CC(=O)N(CC)C1=NC. The van der Waals surface area contributed by atoms with Gasteiger partial charge in [0.05, 0.1) is 0 Å². The van der Waals surface area contributed by atoms with Crippen molar-refractivity contribution < 1.29 is 4.79 Å². The predicted molar refractivity (Wildman–Crippen MR) is 61.5 cm³/mol. The minimum Gasteiger partial charge on any atom is -0.293 e. The number of likely N-dealkylation sites (N-methyl/N-ethyl adjacent to an activating group) is 1. The Hall–Kier alpha value is -0.900. The van der Waals surface area contributed by atoms with Gasteiger partial charge in [-0.2, -0.15) is 0 Å². The molecule has 1 rings (SSSR count). The molecule has 1 aliphatic rings. The van der Waals surface area contributed by atoms with Crippen LogP contribution in [0.5, 0.6) is 0 Å². The van der Waals surface area contributed by atoms with E-state index < -0.39 is 0 Å². The largest absolute Gasteiger partial charge is 0.293 e. The topological polar surface area (TPSA) is 32.7 Å². The molecule has 1 heterocycles. The van der Waals surface area contributed by atoms with Gasteiger partial charge in [0, 0.05) is 29.7 Å². The second-order valence-corrected chi connectivity index (χ2v) is 3.68. The zero-order valence-corrected chi connectivity index (χ0v) is 10.1. The van der Waals surface area contributed by atoms with Gasteiger partial charge in [-0.05, 0) is 29.8 Å². The number of rotatable bonds is 1. The number of allylic oxidation sites excluding steroid dienone is 1. The maximum atomic E-state index is 11.6. The van der Waals surface area contributed by atoms with Gasteiger partial charge in [0.15, 0.2) is 0 Å². The summed E-state index contributed by atoms with van der Waals surface area (Å²) in [6, 6.07) is 0. The van der Waals surface area contributed by atoms with Crippen molar-refractivity contribution in [2.24, 2.45) is 4.99 Å². The smallest absolute Gasteiger partial charge is 0.253 e. The number of amides is 1. The second kappa shape index (κ2) is 4.55. The van der Waals surface area contributed by atoms with Crippen molar-refractivity contribution in [3.05, 3.63) is 22.2 Å². The summed E-state index contributed by atoms with van der Waals surface area (Å²) >= 11 is 3.36. The monoisotopic (exact) mass is 256 g/mol. The van der Waals surface area contributed by atoms with Gasteiger partial charge in [-0.25, -0.2) is 0 Å². The summed E-state index contributed by atoms with van der Waals surface area (Å²) < 4.78 is 0.801. The molecule has 0 unspecified atom stereocenters. The van der Waals surface area contributed by atoms with E-state index in [0.29, 0.717) is 6.54 Å². The highest BCUT2D eigenvalue weighted by atomic mass is 79.9. The average molecular weight is 257 g/mol. The third-order valence-corrected chi connectivity index (χ3v) is 2.74. The second-order valence-electron chi connectivity index (χ2n) is 2.82. The fourth-order valence-corrected chi connectivity index (χ4v) is 2.04. The zero-order valence-electron chi connectivity index (χ0n) is 8.54. The number of halogens is 1. The van der Waals surface area contributed by atoms with Gasteiger partial charge in [0.25, 0.3) is 5.91 Å². The third kappa shape index (κ3) is 1.80. The standard InChI is InChI=1S/C10H13BrN2O/c1-4-7-8(11)6-9(14)13(5-2)10(7)12-3/h4,6H,5H2,1-3H3/b7-4-,12-10?. The summed E-state index contributed by atoms with van der Waals surface area (Å²) in [6.45, 7) is 4.50. The van der Waals surface area contributed by atoms with Gasteiger partial charge >= 0.3 is 0 Å². The molecular formula is C10H13BrN2O. The number of aliphatic imine (C=N–C) groups is 1. The van der Waals surface area contributed by atoms with Crippen LogP contribution in [0.25, 0.3) is 0 Å². The van der Waals surface area contributed by atoms with Crippen molar-refractivity contribution in [2.75, 3.05) is 13.6 Å². The molecular weight excluding hydrogens is 244 g/mol. The lowest BCUT2D eigenvalue weighted by Crippen LogP contribution is -2.39. The van der Waals surface area contributed by atoms with E-state index >= 15 is 0 Å². The minimum absolute atomic E-state index is 0.0226. The van der Waals surface area contributed by atoms with Gasteiger partial charge in [-0.3, -0.25) is 14.7 Å². The van der Waals surface area contributed by atoms with Crippen LogP contribution in [0.15, 0.2) is 27.2 Å².